The van der Waals surface area contributed by atoms with E-state index in [0.717, 1.165) is 44.6 Å². The van der Waals surface area contributed by atoms with Gasteiger partial charge in [0.25, 0.3) is 0 Å². The average Bonchev–Trinajstić information content (AvgIpc) is 3.11. The number of urea groups is 1. The number of carbonyl (C=O) groups excluding carboxylic acids is 1. The van der Waals surface area contributed by atoms with Crippen LogP contribution in [-0.4, -0.2) is 41.6 Å². The van der Waals surface area contributed by atoms with E-state index in [0.29, 0.717) is 0 Å². The van der Waals surface area contributed by atoms with E-state index in [9.17, 15) is 4.79 Å². The molecule has 0 radical (unpaired) electrons. The Labute approximate surface area is 159 Å². The second-order valence-electron chi connectivity index (χ2n) is 7.21. The number of H-pyrrole nitrogens is 1. The molecule has 3 aromatic rings. The smallest absolute Gasteiger partial charge is 0.319 e. The summed E-state index contributed by atoms with van der Waals surface area (Å²) in [6.07, 6.45) is 3.02. The monoisotopic (exact) mass is 362 g/mol. The van der Waals surface area contributed by atoms with Gasteiger partial charge in [-0.15, -0.1) is 0 Å². The Hall–Kier alpha value is -2.79. The topological polar surface area (TPSA) is 60.2 Å². The van der Waals surface area contributed by atoms with Crippen LogP contribution in [0.3, 0.4) is 0 Å². The van der Waals surface area contributed by atoms with Crippen molar-refractivity contribution in [3.8, 4) is 0 Å². The molecule has 5 heteroatoms. The van der Waals surface area contributed by atoms with E-state index < -0.39 is 0 Å². The van der Waals surface area contributed by atoms with E-state index in [-0.39, 0.29) is 12.1 Å². The fourth-order valence-electron chi connectivity index (χ4n) is 3.72. The van der Waals surface area contributed by atoms with Gasteiger partial charge in [0.05, 0.1) is 0 Å². The van der Waals surface area contributed by atoms with Crippen LogP contribution in [0.25, 0.3) is 10.9 Å². The summed E-state index contributed by atoms with van der Waals surface area (Å²) in [4.78, 5) is 18.1. The van der Waals surface area contributed by atoms with Crippen LogP contribution in [0.5, 0.6) is 0 Å². The third-order valence-electron chi connectivity index (χ3n) is 5.24. The van der Waals surface area contributed by atoms with E-state index in [4.69, 9.17) is 0 Å². The standard InChI is InChI=1S/C22H26N4O/c27-22(24-18-7-2-1-3-8-18)25-19-10-13-26(14-11-19)15-12-20-16-17-6-4-5-9-21(17)23-20/h1-9,16,19,23H,10-15H2,(H2,24,25,27). The number of hydrogen-bond acceptors (Lipinski definition) is 2. The van der Waals surface area contributed by atoms with Crippen LogP contribution in [0.2, 0.25) is 0 Å². The lowest BCUT2D eigenvalue weighted by molar-refractivity contribution is 0.197. The minimum atomic E-state index is -0.113. The molecule has 140 valence electrons. The summed E-state index contributed by atoms with van der Waals surface area (Å²) in [7, 11) is 0. The molecule has 0 spiro atoms. The van der Waals surface area contributed by atoms with Gasteiger partial charge in [0.1, 0.15) is 0 Å². The van der Waals surface area contributed by atoms with Gasteiger partial charge in [0.15, 0.2) is 0 Å². The molecular formula is C22H26N4O. The summed E-state index contributed by atoms with van der Waals surface area (Å²) in [5, 5.41) is 7.27. The van der Waals surface area contributed by atoms with Gasteiger partial charge in [0.2, 0.25) is 0 Å². The molecule has 1 aliphatic heterocycles. The summed E-state index contributed by atoms with van der Waals surface area (Å²) in [5.41, 5.74) is 3.32. The number of amides is 2. The molecule has 2 heterocycles. The lowest BCUT2D eigenvalue weighted by atomic mass is 10.0. The molecule has 3 N–H and O–H groups in total. The number of piperidine rings is 1. The summed E-state index contributed by atoms with van der Waals surface area (Å²) in [6.45, 7) is 3.10. The SMILES string of the molecule is O=C(Nc1ccccc1)NC1CCN(CCc2cc3ccccc3[nH]2)CC1. The first-order chi connectivity index (χ1) is 13.3. The molecule has 2 amide bonds. The molecule has 1 aliphatic rings. The number of para-hydroxylation sites is 2. The zero-order valence-corrected chi connectivity index (χ0v) is 15.4. The number of hydrogen-bond donors (Lipinski definition) is 3. The first-order valence-electron chi connectivity index (χ1n) is 9.68. The third-order valence-corrected chi connectivity index (χ3v) is 5.24. The van der Waals surface area contributed by atoms with Crippen LogP contribution in [-0.2, 0) is 6.42 Å². The molecular weight excluding hydrogens is 336 g/mol. The number of aromatic amines is 1. The van der Waals surface area contributed by atoms with Crippen molar-refractivity contribution in [3.05, 3.63) is 66.4 Å². The predicted octanol–water partition coefficient (Wildman–Crippen LogP) is 4.00. The highest BCUT2D eigenvalue weighted by molar-refractivity contribution is 5.89. The zero-order chi connectivity index (χ0) is 18.5. The van der Waals surface area contributed by atoms with Crippen molar-refractivity contribution < 1.29 is 4.79 Å². The normalized spacial score (nSPS) is 15.7. The van der Waals surface area contributed by atoms with Gasteiger partial charge in [-0.05, 0) is 42.5 Å². The maximum Gasteiger partial charge on any atom is 0.319 e. The molecule has 0 bridgehead atoms. The van der Waals surface area contributed by atoms with Crippen LogP contribution in [0, 0.1) is 0 Å². The molecule has 2 aromatic carbocycles. The Bertz CT molecular complexity index is 848. The number of likely N-dealkylation sites (tertiary alicyclic amines) is 1. The molecule has 0 aliphatic carbocycles. The molecule has 1 aromatic heterocycles. The third kappa shape index (κ3) is 4.68. The molecule has 4 rings (SSSR count). The fraction of sp³-hybridized carbons (Fsp3) is 0.318. The number of fused-ring (bicyclic) bond motifs is 1. The molecule has 0 saturated carbocycles. The van der Waals surface area contributed by atoms with E-state index >= 15 is 0 Å². The molecule has 5 nitrogen and oxygen atoms in total. The lowest BCUT2D eigenvalue weighted by Crippen LogP contribution is -2.46. The summed E-state index contributed by atoms with van der Waals surface area (Å²) in [5.74, 6) is 0. The minimum absolute atomic E-state index is 0.113. The molecule has 27 heavy (non-hydrogen) atoms. The highest BCUT2D eigenvalue weighted by Crippen LogP contribution is 2.16. The first kappa shape index (κ1) is 17.6. The van der Waals surface area contributed by atoms with Gasteiger partial charge in [-0.2, -0.15) is 0 Å². The molecule has 0 unspecified atom stereocenters. The highest BCUT2D eigenvalue weighted by Gasteiger charge is 2.20. The van der Waals surface area contributed by atoms with Crippen molar-refractivity contribution in [1.29, 1.82) is 0 Å². The summed E-state index contributed by atoms with van der Waals surface area (Å²) < 4.78 is 0. The van der Waals surface area contributed by atoms with E-state index in [1.165, 1.54) is 16.6 Å². The van der Waals surface area contributed by atoms with Crippen LogP contribution in [0.4, 0.5) is 10.5 Å². The van der Waals surface area contributed by atoms with Gasteiger partial charge in [-0.25, -0.2) is 4.79 Å². The zero-order valence-electron chi connectivity index (χ0n) is 15.4. The molecule has 1 fully saturated rings. The van der Waals surface area contributed by atoms with Gasteiger partial charge < -0.3 is 20.5 Å². The number of aromatic nitrogens is 1. The average molecular weight is 362 g/mol. The van der Waals surface area contributed by atoms with Crippen LogP contribution in [0.1, 0.15) is 18.5 Å². The maximum atomic E-state index is 12.1. The van der Waals surface area contributed by atoms with E-state index in [1.54, 1.807) is 0 Å². The van der Waals surface area contributed by atoms with Gasteiger partial charge in [-0.1, -0.05) is 36.4 Å². The first-order valence-corrected chi connectivity index (χ1v) is 9.68. The van der Waals surface area contributed by atoms with Crippen molar-refractivity contribution >= 4 is 22.6 Å². The number of anilines is 1. The Balaban J connectivity index is 1.20. The number of nitrogens with zero attached hydrogens (tertiary/aromatic N) is 1. The van der Waals surface area contributed by atoms with Gasteiger partial charge in [-0.3, -0.25) is 0 Å². The second kappa shape index (κ2) is 8.27. The van der Waals surface area contributed by atoms with Gasteiger partial charge >= 0.3 is 6.03 Å². The second-order valence-corrected chi connectivity index (χ2v) is 7.21. The fourth-order valence-corrected chi connectivity index (χ4v) is 3.72. The summed E-state index contributed by atoms with van der Waals surface area (Å²) in [6, 6.07) is 20.4. The van der Waals surface area contributed by atoms with E-state index in [2.05, 4.69) is 50.8 Å². The van der Waals surface area contributed by atoms with Crippen molar-refractivity contribution in [2.75, 3.05) is 25.0 Å². The molecule has 0 atom stereocenters. The summed E-state index contributed by atoms with van der Waals surface area (Å²) >= 11 is 0. The van der Waals surface area contributed by atoms with Crippen molar-refractivity contribution in [2.45, 2.75) is 25.3 Å². The van der Waals surface area contributed by atoms with Crippen molar-refractivity contribution in [2.24, 2.45) is 0 Å². The van der Waals surface area contributed by atoms with Crippen LogP contribution in [0.15, 0.2) is 60.7 Å². The number of rotatable bonds is 5. The Morgan fingerprint density at radius 2 is 1.78 bits per heavy atom. The van der Waals surface area contributed by atoms with Crippen molar-refractivity contribution in [3.63, 3.8) is 0 Å². The van der Waals surface area contributed by atoms with Crippen LogP contribution >= 0.6 is 0 Å². The Morgan fingerprint density at radius 3 is 2.56 bits per heavy atom. The highest BCUT2D eigenvalue weighted by atomic mass is 16.2. The number of benzene rings is 2. The van der Waals surface area contributed by atoms with Crippen molar-refractivity contribution in [1.82, 2.24) is 15.2 Å². The van der Waals surface area contributed by atoms with Gasteiger partial charge in [0, 0.05) is 49.0 Å². The Kier molecular flexibility index (Phi) is 5.39. The predicted molar refractivity (Wildman–Crippen MR) is 110 cm³/mol. The number of carbonyl (C=O) groups is 1. The lowest BCUT2D eigenvalue weighted by Gasteiger charge is -2.32. The number of nitrogens with one attached hydrogen (secondary N) is 3. The quantitative estimate of drug-likeness (QED) is 0.642. The molecule has 1 saturated heterocycles. The minimum Gasteiger partial charge on any atom is -0.358 e. The van der Waals surface area contributed by atoms with Crippen LogP contribution < -0.4 is 10.6 Å². The Morgan fingerprint density at radius 1 is 1.04 bits per heavy atom. The van der Waals surface area contributed by atoms with E-state index in [1.807, 2.05) is 30.3 Å². The maximum absolute atomic E-state index is 12.1. The largest absolute Gasteiger partial charge is 0.358 e.